The van der Waals surface area contributed by atoms with Crippen LogP contribution >= 0.6 is 11.9 Å². The molecule has 204 valence electrons. The summed E-state index contributed by atoms with van der Waals surface area (Å²) in [7, 11) is 0. The fourth-order valence-electron chi connectivity index (χ4n) is 7.54. The highest BCUT2D eigenvalue weighted by atomic mass is 32.2. The summed E-state index contributed by atoms with van der Waals surface area (Å²) >= 11 is 2.08. The van der Waals surface area contributed by atoms with Gasteiger partial charge in [-0.1, -0.05) is 29.2 Å². The van der Waals surface area contributed by atoms with Crippen molar-refractivity contribution >= 4 is 17.9 Å². The van der Waals surface area contributed by atoms with Crippen LogP contribution in [-0.4, -0.2) is 70.5 Å². The van der Waals surface area contributed by atoms with Gasteiger partial charge in [-0.15, -0.1) is 0 Å². The molecule has 1 aromatic carbocycles. The van der Waals surface area contributed by atoms with E-state index >= 15 is 0 Å². The zero-order chi connectivity index (χ0) is 25.6. The Kier molecular flexibility index (Phi) is 6.96. The molecule has 9 heteroatoms. The highest BCUT2D eigenvalue weighted by Gasteiger charge is 2.44. The van der Waals surface area contributed by atoms with E-state index < -0.39 is 0 Å². The molecule has 5 aliphatic rings. The zero-order valence-electron chi connectivity index (χ0n) is 21.8. The molecule has 1 aliphatic carbocycles. The van der Waals surface area contributed by atoms with Gasteiger partial charge in [0.15, 0.2) is 5.69 Å². The molecule has 1 saturated carbocycles. The first-order valence-corrected chi connectivity index (χ1v) is 15.2. The maximum Gasteiger partial charge on any atom is 0.273 e. The number of nitrogens with one attached hydrogen (secondary N) is 1. The monoisotopic (exact) mass is 540 g/mol. The highest BCUT2D eigenvalue weighted by Crippen LogP contribution is 2.46. The second-order valence-electron chi connectivity index (χ2n) is 12.2. The molecule has 7 nitrogen and oxygen atoms in total. The van der Waals surface area contributed by atoms with Gasteiger partial charge in [0.2, 0.25) is 0 Å². The van der Waals surface area contributed by atoms with E-state index in [1.54, 1.807) is 18.2 Å². The summed E-state index contributed by atoms with van der Waals surface area (Å²) in [4.78, 5) is 15.4. The SMILES string of the molecule is O=C(NC1CC2CC[C@@H](C1)N2SCC1CC2CN(Cc3ccc(F)cc3)CC2C1)c1cc(C2COC2)on1. The van der Waals surface area contributed by atoms with Gasteiger partial charge in [-0.05, 0) is 74.0 Å². The van der Waals surface area contributed by atoms with Crippen LogP contribution in [0.3, 0.4) is 0 Å². The fourth-order valence-corrected chi connectivity index (χ4v) is 9.00. The molecule has 4 saturated heterocycles. The van der Waals surface area contributed by atoms with Crippen molar-refractivity contribution in [3.05, 3.63) is 53.2 Å². The molecule has 0 spiro atoms. The van der Waals surface area contributed by atoms with E-state index in [1.165, 1.54) is 50.1 Å². The smallest absolute Gasteiger partial charge is 0.273 e. The maximum absolute atomic E-state index is 13.2. The van der Waals surface area contributed by atoms with Crippen molar-refractivity contribution in [3.63, 3.8) is 0 Å². The molecule has 7 rings (SSSR count). The van der Waals surface area contributed by atoms with Crippen molar-refractivity contribution in [3.8, 4) is 0 Å². The van der Waals surface area contributed by atoms with Gasteiger partial charge >= 0.3 is 0 Å². The zero-order valence-corrected chi connectivity index (χ0v) is 22.6. The molecule has 5 heterocycles. The van der Waals surface area contributed by atoms with E-state index in [0.717, 1.165) is 42.9 Å². The lowest BCUT2D eigenvalue weighted by molar-refractivity contribution is -0.00228. The van der Waals surface area contributed by atoms with Gasteiger partial charge in [-0.3, -0.25) is 9.69 Å². The molecule has 38 heavy (non-hydrogen) atoms. The minimum absolute atomic E-state index is 0.114. The van der Waals surface area contributed by atoms with Crippen molar-refractivity contribution in [1.29, 1.82) is 0 Å². The minimum atomic E-state index is -0.157. The summed E-state index contributed by atoms with van der Waals surface area (Å²) in [6.45, 7) is 4.60. The van der Waals surface area contributed by atoms with E-state index in [9.17, 15) is 9.18 Å². The van der Waals surface area contributed by atoms with Crippen LogP contribution in [0.1, 0.15) is 66.3 Å². The first kappa shape index (κ1) is 25.1. The van der Waals surface area contributed by atoms with E-state index in [1.807, 2.05) is 12.1 Å². The number of amides is 1. The van der Waals surface area contributed by atoms with Crippen LogP contribution in [0.15, 0.2) is 34.9 Å². The second kappa shape index (κ2) is 10.6. The Labute approximate surface area is 227 Å². The van der Waals surface area contributed by atoms with Crippen molar-refractivity contribution in [2.75, 3.05) is 32.1 Å². The Morgan fingerprint density at radius 1 is 1.05 bits per heavy atom. The van der Waals surface area contributed by atoms with Gasteiger partial charge in [0.25, 0.3) is 5.91 Å². The number of carbonyl (C=O) groups excluding carboxylic acids is 1. The number of fused-ring (bicyclic) bond motifs is 3. The lowest BCUT2D eigenvalue weighted by Crippen LogP contribution is -2.48. The lowest BCUT2D eigenvalue weighted by atomic mass is 9.99. The largest absolute Gasteiger partial charge is 0.380 e. The normalized spacial score (nSPS) is 33.4. The predicted octanol–water partition coefficient (Wildman–Crippen LogP) is 4.46. The lowest BCUT2D eigenvalue weighted by Gasteiger charge is -2.38. The quantitative estimate of drug-likeness (QED) is 0.496. The predicted molar refractivity (Wildman–Crippen MR) is 143 cm³/mol. The first-order valence-electron chi connectivity index (χ1n) is 14.3. The maximum atomic E-state index is 13.2. The van der Waals surface area contributed by atoms with Crippen LogP contribution in [0.5, 0.6) is 0 Å². The minimum Gasteiger partial charge on any atom is -0.380 e. The summed E-state index contributed by atoms with van der Waals surface area (Å²) < 4.78 is 26.5. The van der Waals surface area contributed by atoms with Crippen LogP contribution in [0.25, 0.3) is 0 Å². The van der Waals surface area contributed by atoms with Gasteiger partial charge in [0, 0.05) is 49.6 Å². The van der Waals surface area contributed by atoms with E-state index in [-0.39, 0.29) is 23.7 Å². The van der Waals surface area contributed by atoms with E-state index in [0.29, 0.717) is 31.0 Å². The van der Waals surface area contributed by atoms with Crippen molar-refractivity contribution < 1.29 is 18.4 Å². The van der Waals surface area contributed by atoms with Crippen LogP contribution in [0.4, 0.5) is 4.39 Å². The summed E-state index contributed by atoms with van der Waals surface area (Å²) in [5.41, 5.74) is 1.60. The van der Waals surface area contributed by atoms with Crippen molar-refractivity contribution in [2.45, 2.75) is 69.1 Å². The van der Waals surface area contributed by atoms with Gasteiger partial charge in [0.05, 0.1) is 19.1 Å². The average molecular weight is 541 g/mol. The van der Waals surface area contributed by atoms with Gasteiger partial charge in [-0.25, -0.2) is 8.70 Å². The molecule has 1 aromatic heterocycles. The van der Waals surface area contributed by atoms with Crippen LogP contribution in [-0.2, 0) is 11.3 Å². The number of piperidine rings is 1. The summed E-state index contributed by atoms with van der Waals surface area (Å²) in [6, 6.07) is 10.1. The summed E-state index contributed by atoms with van der Waals surface area (Å²) in [6.07, 6.45) is 7.18. The second-order valence-corrected chi connectivity index (χ2v) is 13.2. The van der Waals surface area contributed by atoms with Gasteiger partial charge < -0.3 is 14.6 Å². The molecule has 0 radical (unpaired) electrons. The third-order valence-corrected chi connectivity index (χ3v) is 11.0. The van der Waals surface area contributed by atoms with Crippen LogP contribution < -0.4 is 5.32 Å². The molecule has 5 atom stereocenters. The third-order valence-electron chi connectivity index (χ3n) is 9.51. The van der Waals surface area contributed by atoms with Crippen molar-refractivity contribution in [1.82, 2.24) is 19.7 Å². The van der Waals surface area contributed by atoms with Crippen LogP contribution in [0.2, 0.25) is 0 Å². The van der Waals surface area contributed by atoms with Crippen molar-refractivity contribution in [2.24, 2.45) is 17.8 Å². The Bertz CT molecular complexity index is 1110. The van der Waals surface area contributed by atoms with E-state index in [2.05, 4.69) is 31.6 Å². The molecule has 2 bridgehead atoms. The molecular weight excluding hydrogens is 503 g/mol. The number of aromatic nitrogens is 1. The number of carbonyl (C=O) groups is 1. The van der Waals surface area contributed by atoms with Gasteiger partial charge in [0.1, 0.15) is 11.6 Å². The molecular formula is C29H37FN4O3S. The third kappa shape index (κ3) is 5.15. The Balaban J connectivity index is 0.856. The fraction of sp³-hybridized carbons (Fsp3) is 0.655. The van der Waals surface area contributed by atoms with Gasteiger partial charge in [-0.2, -0.15) is 0 Å². The molecule has 1 N–H and O–H groups in total. The topological polar surface area (TPSA) is 70.8 Å². The number of ether oxygens (including phenoxy) is 1. The Hall–Kier alpha value is -1.94. The number of rotatable bonds is 8. The first-order chi connectivity index (χ1) is 18.6. The molecule has 4 unspecified atom stereocenters. The summed E-state index contributed by atoms with van der Waals surface area (Å²) in [5, 5.41) is 7.25. The highest BCUT2D eigenvalue weighted by molar-refractivity contribution is 7.97. The number of nitrogens with zero attached hydrogens (tertiary/aromatic N) is 3. The molecule has 2 aromatic rings. The average Bonchev–Trinajstić information content (AvgIpc) is 3.61. The Morgan fingerprint density at radius 3 is 2.42 bits per heavy atom. The molecule has 4 aliphatic heterocycles. The number of hydrogen-bond acceptors (Lipinski definition) is 7. The van der Waals surface area contributed by atoms with Crippen LogP contribution in [0, 0.1) is 23.6 Å². The molecule has 1 amide bonds. The number of benzene rings is 1. The standard InChI is InChI=1S/C29H37FN4O3S/c30-23-3-1-18(2-4-23)12-33-13-20-7-19(8-21(20)14-33)17-38-34-25-5-6-26(34)10-24(9-25)31-29(35)27-11-28(37-32-27)22-15-36-16-22/h1-4,11,19-22,24-26H,5-10,12-17H2,(H,31,35)/t19?,20?,21?,24?,25-,26?/m0/s1. The Morgan fingerprint density at radius 2 is 1.76 bits per heavy atom. The number of halogens is 1. The van der Waals surface area contributed by atoms with E-state index in [4.69, 9.17) is 9.26 Å². The molecule has 5 fully saturated rings. The number of likely N-dealkylation sites (tertiary alicyclic amines) is 1. The number of hydrogen-bond donors (Lipinski definition) is 1. The summed E-state index contributed by atoms with van der Waals surface area (Å²) in [5.74, 6) is 4.38.